The molecule has 0 atom stereocenters. The van der Waals surface area contributed by atoms with E-state index in [0.717, 1.165) is 0 Å². The number of aliphatic carboxylic acids is 1. The minimum absolute atomic E-state index is 0.0850. The lowest BCUT2D eigenvalue weighted by Crippen LogP contribution is -2.01. The van der Waals surface area contributed by atoms with Crippen LogP contribution in [0.3, 0.4) is 0 Å². The number of carbonyl (C=O) groups is 2. The number of halogens is 2. The number of carboxylic acid groups (broad SMARTS) is 1. The maximum absolute atomic E-state index is 11.7. The molecule has 0 spiro atoms. The second kappa shape index (κ2) is 6.62. The highest BCUT2D eigenvalue weighted by Gasteiger charge is 2.10. The second-order valence-corrected chi connectivity index (χ2v) is 4.49. The SMILES string of the molecule is O=C(O)CCCCC(=O)c1ccc(Cl)cc1Cl. The first-order chi connectivity index (χ1) is 8.00. The lowest BCUT2D eigenvalue weighted by Gasteiger charge is -2.03. The van der Waals surface area contributed by atoms with Crippen molar-refractivity contribution in [1.82, 2.24) is 0 Å². The van der Waals surface area contributed by atoms with Gasteiger partial charge in [0, 0.05) is 23.4 Å². The van der Waals surface area contributed by atoms with Crippen LogP contribution in [-0.4, -0.2) is 16.9 Å². The molecule has 0 amide bonds. The summed E-state index contributed by atoms with van der Waals surface area (Å²) in [5.74, 6) is -0.931. The van der Waals surface area contributed by atoms with Crippen molar-refractivity contribution in [3.63, 3.8) is 0 Å². The molecule has 0 heterocycles. The Balaban J connectivity index is 2.50. The number of rotatable bonds is 6. The zero-order valence-corrected chi connectivity index (χ0v) is 10.6. The molecule has 3 nitrogen and oxygen atoms in total. The maximum atomic E-state index is 11.7. The molecule has 0 unspecified atom stereocenters. The monoisotopic (exact) mass is 274 g/mol. The first-order valence-corrected chi connectivity index (χ1v) is 5.96. The normalized spacial score (nSPS) is 10.2. The van der Waals surface area contributed by atoms with Crippen molar-refractivity contribution in [1.29, 1.82) is 0 Å². The minimum Gasteiger partial charge on any atom is -0.481 e. The molecule has 92 valence electrons. The van der Waals surface area contributed by atoms with Crippen molar-refractivity contribution in [2.45, 2.75) is 25.7 Å². The number of ketones is 1. The molecule has 1 rings (SSSR count). The van der Waals surface area contributed by atoms with E-state index in [9.17, 15) is 9.59 Å². The van der Waals surface area contributed by atoms with Gasteiger partial charge < -0.3 is 5.11 Å². The molecular weight excluding hydrogens is 263 g/mol. The molecule has 0 aliphatic carbocycles. The van der Waals surface area contributed by atoms with Gasteiger partial charge in [-0.05, 0) is 31.0 Å². The van der Waals surface area contributed by atoms with Crippen molar-refractivity contribution in [2.75, 3.05) is 0 Å². The summed E-state index contributed by atoms with van der Waals surface area (Å²) in [6.45, 7) is 0. The molecule has 0 aliphatic heterocycles. The van der Waals surface area contributed by atoms with E-state index >= 15 is 0 Å². The first-order valence-electron chi connectivity index (χ1n) is 5.20. The van der Waals surface area contributed by atoms with E-state index in [1.807, 2.05) is 0 Å². The van der Waals surface area contributed by atoms with Crippen LogP contribution < -0.4 is 0 Å². The number of carbonyl (C=O) groups excluding carboxylic acids is 1. The Morgan fingerprint density at radius 1 is 1.12 bits per heavy atom. The maximum Gasteiger partial charge on any atom is 0.303 e. The van der Waals surface area contributed by atoms with Gasteiger partial charge in [-0.15, -0.1) is 0 Å². The number of carboxylic acids is 1. The molecule has 0 radical (unpaired) electrons. The zero-order chi connectivity index (χ0) is 12.8. The average molecular weight is 275 g/mol. The summed E-state index contributed by atoms with van der Waals surface area (Å²) < 4.78 is 0. The fourth-order valence-electron chi connectivity index (χ4n) is 1.41. The van der Waals surface area contributed by atoms with Crippen LogP contribution in [0.5, 0.6) is 0 Å². The van der Waals surface area contributed by atoms with Gasteiger partial charge in [0.15, 0.2) is 5.78 Å². The number of hydrogen-bond donors (Lipinski definition) is 1. The van der Waals surface area contributed by atoms with Gasteiger partial charge in [-0.3, -0.25) is 9.59 Å². The van der Waals surface area contributed by atoms with Crippen LogP contribution >= 0.6 is 23.2 Å². The quantitative estimate of drug-likeness (QED) is 0.634. The number of benzene rings is 1. The molecule has 0 bridgehead atoms. The summed E-state index contributed by atoms with van der Waals surface area (Å²) in [4.78, 5) is 22.0. The summed E-state index contributed by atoms with van der Waals surface area (Å²) in [6.07, 6.45) is 1.42. The lowest BCUT2D eigenvalue weighted by molar-refractivity contribution is -0.137. The molecule has 1 aromatic rings. The largest absolute Gasteiger partial charge is 0.481 e. The Kier molecular flexibility index (Phi) is 5.45. The molecule has 0 fully saturated rings. The molecule has 0 saturated heterocycles. The molecule has 0 aromatic heterocycles. The van der Waals surface area contributed by atoms with E-state index in [2.05, 4.69) is 0 Å². The number of hydrogen-bond acceptors (Lipinski definition) is 2. The van der Waals surface area contributed by atoms with Crippen molar-refractivity contribution >= 4 is 35.0 Å². The first kappa shape index (κ1) is 14.0. The Morgan fingerprint density at radius 3 is 2.35 bits per heavy atom. The van der Waals surface area contributed by atoms with Gasteiger partial charge in [0.25, 0.3) is 0 Å². The topological polar surface area (TPSA) is 54.4 Å². The molecular formula is C12H12Cl2O3. The Labute approximate surface area is 109 Å². The standard InChI is InChI=1S/C12H12Cl2O3/c13-8-5-6-9(10(14)7-8)11(15)3-1-2-4-12(16)17/h5-7H,1-4H2,(H,16,17). The third-order valence-corrected chi connectivity index (χ3v) is 2.82. The van der Waals surface area contributed by atoms with E-state index in [1.54, 1.807) is 12.1 Å². The van der Waals surface area contributed by atoms with Crippen LogP contribution in [0.15, 0.2) is 18.2 Å². The molecule has 0 saturated carbocycles. The van der Waals surface area contributed by atoms with Crippen molar-refractivity contribution < 1.29 is 14.7 Å². The summed E-state index contributed by atoms with van der Waals surface area (Å²) >= 11 is 11.6. The van der Waals surface area contributed by atoms with Crippen LogP contribution in [-0.2, 0) is 4.79 Å². The summed E-state index contributed by atoms with van der Waals surface area (Å²) in [6, 6.07) is 4.72. The average Bonchev–Trinajstić information content (AvgIpc) is 2.23. The third-order valence-electron chi connectivity index (χ3n) is 2.28. The van der Waals surface area contributed by atoms with Crippen molar-refractivity contribution in [3.8, 4) is 0 Å². The minimum atomic E-state index is -0.845. The zero-order valence-electron chi connectivity index (χ0n) is 9.08. The lowest BCUT2D eigenvalue weighted by atomic mass is 10.0. The Morgan fingerprint density at radius 2 is 1.76 bits per heavy atom. The van der Waals surface area contributed by atoms with Gasteiger partial charge in [0.05, 0.1) is 5.02 Å². The highest BCUT2D eigenvalue weighted by atomic mass is 35.5. The molecule has 1 aromatic carbocycles. The van der Waals surface area contributed by atoms with Crippen LogP contribution in [0, 0.1) is 0 Å². The van der Waals surface area contributed by atoms with Gasteiger partial charge in [-0.1, -0.05) is 23.2 Å². The number of Topliss-reactive ketones (excluding diaryl/α,β-unsaturated/α-hetero) is 1. The van der Waals surface area contributed by atoms with Crippen molar-refractivity contribution in [2.24, 2.45) is 0 Å². The van der Waals surface area contributed by atoms with E-state index in [4.69, 9.17) is 28.3 Å². The van der Waals surface area contributed by atoms with Crippen LogP contribution in [0.2, 0.25) is 10.0 Å². The fraction of sp³-hybridized carbons (Fsp3) is 0.333. The van der Waals surface area contributed by atoms with Crippen LogP contribution in [0.1, 0.15) is 36.0 Å². The van der Waals surface area contributed by atoms with Crippen LogP contribution in [0.25, 0.3) is 0 Å². The molecule has 1 N–H and O–H groups in total. The Hall–Kier alpha value is -1.06. The van der Waals surface area contributed by atoms with Gasteiger partial charge in [0.1, 0.15) is 0 Å². The van der Waals surface area contributed by atoms with Crippen LogP contribution in [0.4, 0.5) is 0 Å². The van der Waals surface area contributed by atoms with Crippen molar-refractivity contribution in [3.05, 3.63) is 33.8 Å². The molecule has 0 aliphatic rings. The summed E-state index contributed by atoms with van der Waals surface area (Å²) in [5, 5.41) is 9.27. The summed E-state index contributed by atoms with van der Waals surface area (Å²) in [5.41, 5.74) is 0.436. The highest BCUT2D eigenvalue weighted by Crippen LogP contribution is 2.22. The Bertz CT molecular complexity index is 430. The third kappa shape index (κ3) is 4.75. The van der Waals surface area contributed by atoms with Gasteiger partial charge in [0.2, 0.25) is 0 Å². The highest BCUT2D eigenvalue weighted by molar-refractivity contribution is 6.36. The van der Waals surface area contributed by atoms with Gasteiger partial charge in [-0.2, -0.15) is 0 Å². The predicted octanol–water partition coefficient (Wildman–Crippen LogP) is 3.82. The molecule has 17 heavy (non-hydrogen) atoms. The summed E-state index contributed by atoms with van der Waals surface area (Å²) in [7, 11) is 0. The van der Waals surface area contributed by atoms with E-state index < -0.39 is 5.97 Å². The van der Waals surface area contributed by atoms with E-state index in [-0.39, 0.29) is 12.2 Å². The predicted molar refractivity (Wildman–Crippen MR) is 66.9 cm³/mol. The fourth-order valence-corrected chi connectivity index (χ4v) is 1.93. The van der Waals surface area contributed by atoms with Gasteiger partial charge >= 0.3 is 5.97 Å². The smallest absolute Gasteiger partial charge is 0.303 e. The number of unbranched alkanes of at least 4 members (excludes halogenated alkanes) is 1. The van der Waals surface area contributed by atoms with E-state index in [0.29, 0.717) is 34.9 Å². The molecule has 5 heteroatoms. The van der Waals surface area contributed by atoms with Gasteiger partial charge in [-0.25, -0.2) is 0 Å². The van der Waals surface area contributed by atoms with E-state index in [1.165, 1.54) is 6.07 Å². The second-order valence-electron chi connectivity index (χ2n) is 3.65.